The van der Waals surface area contributed by atoms with E-state index in [0.717, 1.165) is 10.0 Å². The predicted molar refractivity (Wildman–Crippen MR) is 78.5 cm³/mol. The molecule has 19 heavy (non-hydrogen) atoms. The SMILES string of the molecule is Cc1cc(C(=O)N(C)C(C)C/C(N)=N/O)ccc1Br. The normalized spacial score (nSPS) is 13.2. The Morgan fingerprint density at radius 3 is 2.74 bits per heavy atom. The van der Waals surface area contributed by atoms with Crippen molar-refractivity contribution in [1.29, 1.82) is 0 Å². The third-order valence-electron chi connectivity index (χ3n) is 3.02. The fourth-order valence-corrected chi connectivity index (χ4v) is 1.91. The molecule has 0 radical (unpaired) electrons. The number of amidine groups is 1. The van der Waals surface area contributed by atoms with Crippen LogP contribution in [0.15, 0.2) is 27.8 Å². The van der Waals surface area contributed by atoms with Crippen molar-refractivity contribution in [2.75, 3.05) is 7.05 Å². The van der Waals surface area contributed by atoms with Gasteiger partial charge in [-0.15, -0.1) is 0 Å². The maximum atomic E-state index is 12.3. The van der Waals surface area contributed by atoms with E-state index in [4.69, 9.17) is 10.9 Å². The highest BCUT2D eigenvalue weighted by Crippen LogP contribution is 2.18. The van der Waals surface area contributed by atoms with E-state index in [0.29, 0.717) is 12.0 Å². The number of benzene rings is 1. The molecule has 5 nitrogen and oxygen atoms in total. The minimum atomic E-state index is -0.146. The number of hydrogen-bond donors (Lipinski definition) is 2. The standard InChI is InChI=1S/C13H18BrN3O2/c1-8-6-10(4-5-11(8)14)13(18)17(3)9(2)7-12(15)16-19/h4-6,9,19H,7H2,1-3H3,(H2,15,16). The number of nitrogens with zero attached hydrogens (tertiary/aromatic N) is 2. The molecular weight excluding hydrogens is 310 g/mol. The molecule has 0 aliphatic carbocycles. The van der Waals surface area contributed by atoms with Crippen LogP contribution < -0.4 is 5.73 Å². The van der Waals surface area contributed by atoms with Gasteiger partial charge in [0.15, 0.2) is 0 Å². The van der Waals surface area contributed by atoms with E-state index in [9.17, 15) is 4.79 Å². The summed E-state index contributed by atoms with van der Waals surface area (Å²) in [7, 11) is 1.70. The van der Waals surface area contributed by atoms with Gasteiger partial charge in [-0.25, -0.2) is 0 Å². The second-order valence-corrected chi connectivity index (χ2v) is 5.38. The number of hydrogen-bond acceptors (Lipinski definition) is 3. The fraction of sp³-hybridized carbons (Fsp3) is 0.385. The Balaban J connectivity index is 2.84. The van der Waals surface area contributed by atoms with Crippen LogP contribution in [0.5, 0.6) is 0 Å². The smallest absolute Gasteiger partial charge is 0.253 e. The van der Waals surface area contributed by atoms with Crippen LogP contribution in [0, 0.1) is 6.92 Å². The second-order valence-electron chi connectivity index (χ2n) is 4.52. The van der Waals surface area contributed by atoms with E-state index >= 15 is 0 Å². The molecule has 3 N–H and O–H groups in total. The molecule has 1 aromatic carbocycles. The van der Waals surface area contributed by atoms with Gasteiger partial charge in [-0.3, -0.25) is 4.79 Å². The lowest BCUT2D eigenvalue weighted by atomic mass is 10.1. The topological polar surface area (TPSA) is 78.9 Å². The van der Waals surface area contributed by atoms with Crippen LogP contribution in [0.1, 0.15) is 29.3 Å². The van der Waals surface area contributed by atoms with E-state index in [1.54, 1.807) is 18.0 Å². The Kier molecular flexibility index (Phi) is 5.35. The first-order chi connectivity index (χ1) is 8.86. The molecule has 0 spiro atoms. The molecule has 0 saturated carbocycles. The average molecular weight is 328 g/mol. The first-order valence-electron chi connectivity index (χ1n) is 5.86. The molecule has 6 heteroatoms. The zero-order valence-electron chi connectivity index (χ0n) is 11.2. The minimum Gasteiger partial charge on any atom is -0.409 e. The summed E-state index contributed by atoms with van der Waals surface area (Å²) in [5.74, 6) is 0.0213. The van der Waals surface area contributed by atoms with Crippen LogP contribution in [-0.4, -0.2) is 34.9 Å². The highest BCUT2D eigenvalue weighted by molar-refractivity contribution is 9.10. The number of rotatable bonds is 4. The summed E-state index contributed by atoms with van der Waals surface area (Å²) in [5.41, 5.74) is 7.07. The van der Waals surface area contributed by atoms with Gasteiger partial charge in [0.25, 0.3) is 5.91 Å². The lowest BCUT2D eigenvalue weighted by Gasteiger charge is -2.24. The molecule has 104 valence electrons. The largest absolute Gasteiger partial charge is 0.409 e. The molecule has 0 heterocycles. The van der Waals surface area contributed by atoms with Gasteiger partial charge in [-0.1, -0.05) is 21.1 Å². The zero-order valence-corrected chi connectivity index (χ0v) is 12.8. The second kappa shape index (κ2) is 6.56. The van der Waals surface area contributed by atoms with Gasteiger partial charge in [0.05, 0.1) is 0 Å². The lowest BCUT2D eigenvalue weighted by Crippen LogP contribution is -2.37. The number of halogens is 1. The molecule has 0 aromatic heterocycles. The Hall–Kier alpha value is -1.56. The van der Waals surface area contributed by atoms with E-state index < -0.39 is 0 Å². The predicted octanol–water partition coefficient (Wildman–Crippen LogP) is 2.35. The minimum absolute atomic E-state index is 0.0890. The van der Waals surface area contributed by atoms with Crippen molar-refractivity contribution in [2.45, 2.75) is 26.3 Å². The number of aryl methyl sites for hydroxylation is 1. The third-order valence-corrected chi connectivity index (χ3v) is 3.91. The van der Waals surface area contributed by atoms with Crippen LogP contribution in [-0.2, 0) is 0 Å². The Labute approximate surface area is 121 Å². The van der Waals surface area contributed by atoms with E-state index in [1.165, 1.54) is 0 Å². The van der Waals surface area contributed by atoms with Gasteiger partial charge < -0.3 is 15.8 Å². The van der Waals surface area contributed by atoms with Crippen LogP contribution in [0.25, 0.3) is 0 Å². The summed E-state index contributed by atoms with van der Waals surface area (Å²) in [4.78, 5) is 13.9. The van der Waals surface area contributed by atoms with Crippen LogP contribution in [0.4, 0.5) is 0 Å². The van der Waals surface area contributed by atoms with Crippen molar-refractivity contribution < 1.29 is 10.0 Å². The molecule has 1 atom stereocenters. The summed E-state index contributed by atoms with van der Waals surface area (Å²) in [6.45, 7) is 3.78. The highest BCUT2D eigenvalue weighted by atomic mass is 79.9. The van der Waals surface area contributed by atoms with Crippen LogP contribution >= 0.6 is 15.9 Å². The molecule has 1 rings (SSSR count). The lowest BCUT2D eigenvalue weighted by molar-refractivity contribution is 0.0747. The number of oxime groups is 1. The molecule has 1 amide bonds. The van der Waals surface area contributed by atoms with Crippen molar-refractivity contribution in [3.63, 3.8) is 0 Å². The van der Waals surface area contributed by atoms with Gasteiger partial charge in [-0.2, -0.15) is 0 Å². The summed E-state index contributed by atoms with van der Waals surface area (Å²) < 4.78 is 0.969. The Bertz CT molecular complexity index is 503. The quantitative estimate of drug-likeness (QED) is 0.385. The molecule has 1 unspecified atom stereocenters. The Morgan fingerprint density at radius 2 is 2.21 bits per heavy atom. The first-order valence-corrected chi connectivity index (χ1v) is 6.65. The molecule has 0 bridgehead atoms. The van der Waals surface area contributed by atoms with E-state index in [2.05, 4.69) is 21.1 Å². The van der Waals surface area contributed by atoms with Gasteiger partial charge >= 0.3 is 0 Å². The molecule has 0 aliphatic heterocycles. The number of carbonyl (C=O) groups is 1. The van der Waals surface area contributed by atoms with E-state index in [-0.39, 0.29) is 17.8 Å². The van der Waals surface area contributed by atoms with Gasteiger partial charge in [0.1, 0.15) is 5.84 Å². The van der Waals surface area contributed by atoms with Gasteiger partial charge in [0.2, 0.25) is 0 Å². The summed E-state index contributed by atoms with van der Waals surface area (Å²) >= 11 is 3.40. The number of amides is 1. The number of carbonyl (C=O) groups excluding carboxylic acids is 1. The Morgan fingerprint density at radius 1 is 1.58 bits per heavy atom. The molecule has 1 aromatic rings. The summed E-state index contributed by atoms with van der Waals surface area (Å²) in [6, 6.07) is 5.31. The van der Waals surface area contributed by atoms with Crippen molar-refractivity contribution in [3.8, 4) is 0 Å². The fourth-order valence-electron chi connectivity index (χ4n) is 1.66. The first kappa shape index (κ1) is 15.5. The monoisotopic (exact) mass is 327 g/mol. The van der Waals surface area contributed by atoms with Crippen LogP contribution in [0.3, 0.4) is 0 Å². The summed E-state index contributed by atoms with van der Waals surface area (Å²) in [6.07, 6.45) is 0.328. The maximum Gasteiger partial charge on any atom is 0.253 e. The van der Waals surface area contributed by atoms with Gasteiger partial charge in [0, 0.05) is 29.5 Å². The third kappa shape index (κ3) is 3.96. The molecular formula is C13H18BrN3O2. The molecule has 0 fully saturated rings. The van der Waals surface area contributed by atoms with E-state index in [1.807, 2.05) is 26.0 Å². The van der Waals surface area contributed by atoms with Crippen molar-refractivity contribution in [2.24, 2.45) is 10.9 Å². The highest BCUT2D eigenvalue weighted by Gasteiger charge is 2.19. The van der Waals surface area contributed by atoms with Crippen molar-refractivity contribution in [3.05, 3.63) is 33.8 Å². The van der Waals surface area contributed by atoms with Crippen LogP contribution in [0.2, 0.25) is 0 Å². The van der Waals surface area contributed by atoms with Crippen molar-refractivity contribution >= 4 is 27.7 Å². The molecule has 0 saturated heterocycles. The summed E-state index contributed by atoms with van der Waals surface area (Å²) in [5, 5.41) is 11.5. The van der Waals surface area contributed by atoms with Gasteiger partial charge in [-0.05, 0) is 37.6 Å². The number of nitrogens with two attached hydrogens (primary N) is 1. The maximum absolute atomic E-state index is 12.3. The zero-order chi connectivity index (χ0) is 14.6. The molecule has 0 aliphatic rings. The average Bonchev–Trinajstić information content (AvgIpc) is 2.39. The van der Waals surface area contributed by atoms with Crippen molar-refractivity contribution in [1.82, 2.24) is 4.90 Å².